The van der Waals surface area contributed by atoms with Gasteiger partial charge in [0, 0.05) is 18.9 Å². The molecule has 0 spiro atoms. The summed E-state index contributed by atoms with van der Waals surface area (Å²) in [7, 11) is 1.75. The third kappa shape index (κ3) is 7.92. The molecule has 2 amide bonds. The Balaban J connectivity index is 1.43. The van der Waals surface area contributed by atoms with Gasteiger partial charge >= 0.3 is 0 Å². The van der Waals surface area contributed by atoms with Crippen molar-refractivity contribution in [2.45, 2.75) is 66.2 Å². The van der Waals surface area contributed by atoms with Crippen LogP contribution in [-0.4, -0.2) is 39.3 Å². The van der Waals surface area contributed by atoms with E-state index in [0.717, 1.165) is 48.4 Å². The molecule has 0 unspecified atom stereocenters. The maximum absolute atomic E-state index is 12.7. The van der Waals surface area contributed by atoms with Crippen molar-refractivity contribution >= 4 is 34.1 Å². The van der Waals surface area contributed by atoms with Gasteiger partial charge in [0.2, 0.25) is 16.9 Å². The normalized spacial score (nSPS) is 11.3. The number of carbonyl (C=O) groups is 2. The van der Waals surface area contributed by atoms with Crippen molar-refractivity contribution in [1.29, 1.82) is 0 Å². The van der Waals surface area contributed by atoms with Crippen molar-refractivity contribution in [1.82, 2.24) is 20.4 Å². The van der Waals surface area contributed by atoms with Crippen LogP contribution in [0, 0.1) is 5.41 Å². The second-order valence-corrected chi connectivity index (χ2v) is 10.6. The van der Waals surface area contributed by atoms with Crippen LogP contribution in [-0.2, 0) is 35.3 Å². The molecule has 0 bridgehead atoms. The zero-order chi connectivity index (χ0) is 25.4. The number of rotatable bonds is 10. The van der Waals surface area contributed by atoms with Gasteiger partial charge in [0.05, 0.1) is 12.1 Å². The molecule has 1 aromatic carbocycles. The number of benzene rings is 1. The van der Waals surface area contributed by atoms with Crippen LogP contribution in [0.15, 0.2) is 36.4 Å². The summed E-state index contributed by atoms with van der Waals surface area (Å²) in [4.78, 5) is 26.3. The van der Waals surface area contributed by atoms with E-state index in [4.69, 9.17) is 0 Å². The molecule has 0 aliphatic heterocycles. The topological polar surface area (TPSA) is 101 Å². The van der Waals surface area contributed by atoms with E-state index in [2.05, 4.69) is 44.8 Å². The van der Waals surface area contributed by atoms with Gasteiger partial charge in [-0.3, -0.25) is 14.5 Å². The number of carbonyl (C=O) groups excluding carboxylic acids is 2. The SMILES string of the molecule is CCc1cccc(CC(=O)N(C)c2nnc(CCCCc3ccc(NC(=O)C(C)(C)C)nn3)s2)c1. The van der Waals surface area contributed by atoms with Gasteiger partial charge in [-0.2, -0.15) is 5.10 Å². The average molecular weight is 495 g/mol. The van der Waals surface area contributed by atoms with Gasteiger partial charge in [0.25, 0.3) is 0 Å². The van der Waals surface area contributed by atoms with Crippen LogP contribution in [0.1, 0.15) is 62.4 Å². The molecule has 8 nitrogen and oxygen atoms in total. The van der Waals surface area contributed by atoms with E-state index < -0.39 is 5.41 Å². The minimum Gasteiger partial charge on any atom is -0.309 e. The smallest absolute Gasteiger partial charge is 0.232 e. The number of likely N-dealkylation sites (N-methyl/N-ethyl adjacent to an activating group) is 1. The van der Waals surface area contributed by atoms with E-state index in [1.54, 1.807) is 18.0 Å². The molecule has 0 atom stereocenters. The summed E-state index contributed by atoms with van der Waals surface area (Å²) < 4.78 is 0. The fourth-order valence-electron chi connectivity index (χ4n) is 3.29. The highest BCUT2D eigenvalue weighted by Gasteiger charge is 2.21. The molecule has 2 aromatic heterocycles. The molecule has 1 N–H and O–H groups in total. The third-order valence-corrected chi connectivity index (χ3v) is 6.65. The molecule has 35 heavy (non-hydrogen) atoms. The van der Waals surface area contributed by atoms with Gasteiger partial charge in [0.1, 0.15) is 5.01 Å². The van der Waals surface area contributed by atoms with Gasteiger partial charge in [0.15, 0.2) is 5.82 Å². The molecule has 0 saturated heterocycles. The van der Waals surface area contributed by atoms with Gasteiger partial charge in [-0.1, -0.05) is 63.3 Å². The largest absolute Gasteiger partial charge is 0.309 e. The summed E-state index contributed by atoms with van der Waals surface area (Å²) >= 11 is 1.46. The van der Waals surface area contributed by atoms with E-state index in [9.17, 15) is 9.59 Å². The number of nitrogens with zero attached hydrogens (tertiary/aromatic N) is 5. The van der Waals surface area contributed by atoms with Crippen LogP contribution in [0.5, 0.6) is 0 Å². The fourth-order valence-corrected chi connectivity index (χ4v) is 4.15. The number of hydrogen-bond donors (Lipinski definition) is 1. The first-order chi connectivity index (χ1) is 16.7. The molecule has 2 heterocycles. The number of aryl methyl sites for hydroxylation is 3. The van der Waals surface area contributed by atoms with Crippen molar-refractivity contribution in [3.05, 3.63) is 58.2 Å². The standard InChI is InChI=1S/C26H34N6O2S/c1-6-18-10-9-11-19(16-18)17-23(33)32(5)25-31-30-22(35-25)13-8-7-12-20-14-15-21(29-28-20)27-24(34)26(2,3)4/h9-11,14-16H,6-8,12-13,17H2,1-5H3,(H,27,29,34). The third-order valence-electron chi connectivity index (χ3n) is 5.59. The Morgan fingerprint density at radius 3 is 2.40 bits per heavy atom. The van der Waals surface area contributed by atoms with E-state index in [0.29, 0.717) is 17.4 Å². The number of unbranched alkanes of at least 4 members (excludes halogenated alkanes) is 1. The van der Waals surface area contributed by atoms with Crippen molar-refractivity contribution < 1.29 is 9.59 Å². The van der Waals surface area contributed by atoms with E-state index in [1.807, 2.05) is 39.0 Å². The lowest BCUT2D eigenvalue weighted by molar-refractivity contribution is -0.123. The summed E-state index contributed by atoms with van der Waals surface area (Å²) in [6.45, 7) is 7.67. The lowest BCUT2D eigenvalue weighted by Crippen LogP contribution is -2.28. The molecule has 3 rings (SSSR count). The zero-order valence-corrected chi connectivity index (χ0v) is 22.0. The Labute approximate surface area is 211 Å². The molecule has 9 heteroatoms. The quantitative estimate of drug-likeness (QED) is 0.412. The lowest BCUT2D eigenvalue weighted by Gasteiger charge is -2.16. The molecule has 0 radical (unpaired) electrons. The van der Waals surface area contributed by atoms with Crippen molar-refractivity contribution in [3.63, 3.8) is 0 Å². The Bertz CT molecular complexity index is 1140. The van der Waals surface area contributed by atoms with Gasteiger partial charge < -0.3 is 5.32 Å². The highest BCUT2D eigenvalue weighted by atomic mass is 32.1. The van der Waals surface area contributed by atoms with Crippen molar-refractivity contribution in [2.24, 2.45) is 5.41 Å². The van der Waals surface area contributed by atoms with Crippen LogP contribution >= 0.6 is 11.3 Å². The molecule has 0 aliphatic carbocycles. The van der Waals surface area contributed by atoms with Crippen LogP contribution in [0.4, 0.5) is 10.9 Å². The molecule has 186 valence electrons. The highest BCUT2D eigenvalue weighted by Crippen LogP contribution is 2.22. The second kappa shape index (κ2) is 12.0. The Morgan fingerprint density at radius 2 is 1.71 bits per heavy atom. The summed E-state index contributed by atoms with van der Waals surface area (Å²) in [6.07, 6.45) is 4.75. The van der Waals surface area contributed by atoms with E-state index >= 15 is 0 Å². The van der Waals surface area contributed by atoms with E-state index in [1.165, 1.54) is 16.9 Å². The van der Waals surface area contributed by atoms with Crippen LogP contribution in [0.2, 0.25) is 0 Å². The lowest BCUT2D eigenvalue weighted by atomic mass is 9.96. The minimum atomic E-state index is -0.479. The monoisotopic (exact) mass is 494 g/mol. The molecule has 0 aliphatic rings. The number of nitrogens with one attached hydrogen (secondary N) is 1. The number of aromatic nitrogens is 4. The van der Waals surface area contributed by atoms with Crippen LogP contribution in [0.25, 0.3) is 0 Å². The van der Waals surface area contributed by atoms with Gasteiger partial charge in [-0.15, -0.1) is 15.3 Å². The minimum absolute atomic E-state index is 0.00154. The fraction of sp³-hybridized carbons (Fsp3) is 0.462. The summed E-state index contributed by atoms with van der Waals surface area (Å²) in [5, 5.41) is 21.1. The number of amides is 2. The Hall–Kier alpha value is -3.20. The number of anilines is 2. The van der Waals surface area contributed by atoms with Crippen molar-refractivity contribution in [3.8, 4) is 0 Å². The zero-order valence-electron chi connectivity index (χ0n) is 21.2. The summed E-state index contributed by atoms with van der Waals surface area (Å²) in [5.41, 5.74) is 2.64. The highest BCUT2D eigenvalue weighted by molar-refractivity contribution is 7.15. The van der Waals surface area contributed by atoms with Gasteiger partial charge in [-0.05, 0) is 48.9 Å². The van der Waals surface area contributed by atoms with Crippen LogP contribution in [0.3, 0.4) is 0 Å². The molecule has 0 saturated carbocycles. The summed E-state index contributed by atoms with van der Waals surface area (Å²) in [6, 6.07) is 11.8. The van der Waals surface area contributed by atoms with Crippen molar-refractivity contribution in [2.75, 3.05) is 17.3 Å². The van der Waals surface area contributed by atoms with Crippen LogP contribution < -0.4 is 10.2 Å². The second-order valence-electron chi connectivity index (χ2n) is 9.60. The Kier molecular flexibility index (Phi) is 9.03. The average Bonchev–Trinajstić information content (AvgIpc) is 3.30. The molecular formula is C26H34N6O2S. The first kappa shape index (κ1) is 26.4. The molecule has 3 aromatic rings. The summed E-state index contributed by atoms with van der Waals surface area (Å²) in [5.74, 6) is 0.377. The first-order valence-electron chi connectivity index (χ1n) is 12.0. The number of hydrogen-bond acceptors (Lipinski definition) is 7. The Morgan fingerprint density at radius 1 is 0.971 bits per heavy atom. The maximum Gasteiger partial charge on any atom is 0.232 e. The predicted molar refractivity (Wildman–Crippen MR) is 140 cm³/mol. The molecule has 0 fully saturated rings. The molecular weight excluding hydrogens is 460 g/mol. The first-order valence-corrected chi connectivity index (χ1v) is 12.8. The van der Waals surface area contributed by atoms with Gasteiger partial charge in [-0.25, -0.2) is 0 Å². The maximum atomic E-state index is 12.7. The predicted octanol–water partition coefficient (Wildman–Crippen LogP) is 4.65. The van der Waals surface area contributed by atoms with E-state index in [-0.39, 0.29) is 11.8 Å².